The Kier molecular flexibility index (Phi) is 3.93. The molecule has 0 saturated heterocycles. The number of Topliss-reactive ketones (excluding diaryl/α,β-unsaturated/α-hetero) is 1. The number of benzene rings is 1. The molecule has 1 aliphatic rings. The normalized spacial score (nSPS) is 17.1. The molecule has 0 heterocycles. The minimum Gasteiger partial charge on any atom is -0.294 e. The molecule has 1 nitrogen and oxygen atoms in total. The number of halogens is 1. The predicted molar refractivity (Wildman–Crippen MR) is 66.8 cm³/mol. The second kappa shape index (κ2) is 5.44. The lowest BCUT2D eigenvalue weighted by Crippen LogP contribution is -2.07. The zero-order valence-corrected chi connectivity index (χ0v) is 10.3. The Labute approximate surface area is 102 Å². The molecule has 0 unspecified atom stereocenters. The number of carbonyl (C=O) groups excluding carboxylic acids is 1. The van der Waals surface area contributed by atoms with Gasteiger partial charge in [-0.2, -0.15) is 0 Å². The van der Waals surface area contributed by atoms with E-state index in [2.05, 4.69) is 0 Å². The summed E-state index contributed by atoms with van der Waals surface area (Å²) in [6.45, 7) is 1.77. The summed E-state index contributed by atoms with van der Waals surface area (Å²) in [6, 6.07) is 5.07. The van der Waals surface area contributed by atoms with E-state index in [9.17, 15) is 9.18 Å². The summed E-state index contributed by atoms with van der Waals surface area (Å²) in [5.74, 6) is 0.0457. The molecule has 17 heavy (non-hydrogen) atoms. The molecule has 0 N–H and O–H groups in total. The van der Waals surface area contributed by atoms with Gasteiger partial charge in [0.2, 0.25) is 0 Å². The van der Waals surface area contributed by atoms with Gasteiger partial charge in [-0.3, -0.25) is 4.79 Å². The number of hydrogen-bond acceptors (Lipinski definition) is 1. The molecule has 1 aliphatic carbocycles. The van der Waals surface area contributed by atoms with Crippen LogP contribution in [0.5, 0.6) is 0 Å². The van der Waals surface area contributed by atoms with Crippen LogP contribution in [0.15, 0.2) is 18.2 Å². The lowest BCUT2D eigenvalue weighted by atomic mass is 9.83. The first-order chi connectivity index (χ1) is 8.22. The fourth-order valence-electron chi connectivity index (χ4n) is 2.64. The summed E-state index contributed by atoms with van der Waals surface area (Å²) in [5, 5.41) is 0. The van der Waals surface area contributed by atoms with Crippen LogP contribution in [-0.4, -0.2) is 5.78 Å². The maximum Gasteiger partial charge on any atom is 0.165 e. The second-order valence-corrected chi connectivity index (χ2v) is 4.85. The Morgan fingerprint density at radius 2 is 2.00 bits per heavy atom. The van der Waals surface area contributed by atoms with Crippen molar-refractivity contribution in [2.24, 2.45) is 0 Å². The van der Waals surface area contributed by atoms with Crippen LogP contribution in [-0.2, 0) is 0 Å². The van der Waals surface area contributed by atoms with Gasteiger partial charge in [-0.05, 0) is 36.5 Å². The zero-order valence-electron chi connectivity index (χ0n) is 10.3. The van der Waals surface area contributed by atoms with Crippen molar-refractivity contribution in [1.82, 2.24) is 0 Å². The molecule has 1 saturated carbocycles. The fourth-order valence-corrected chi connectivity index (χ4v) is 2.64. The van der Waals surface area contributed by atoms with E-state index in [0.717, 1.165) is 5.56 Å². The highest BCUT2D eigenvalue weighted by Gasteiger charge is 2.18. The minimum atomic E-state index is -0.378. The van der Waals surface area contributed by atoms with Crippen LogP contribution < -0.4 is 0 Å². The smallest absolute Gasteiger partial charge is 0.165 e. The molecule has 2 rings (SSSR count). The standard InChI is InChI=1S/C15H19FO/c1-2-15(17)13-10-12(8-9-14(13)16)11-6-4-3-5-7-11/h8-11H,2-7H2,1H3. The van der Waals surface area contributed by atoms with Crippen LogP contribution in [0.25, 0.3) is 0 Å². The van der Waals surface area contributed by atoms with Crippen molar-refractivity contribution in [3.63, 3.8) is 0 Å². The van der Waals surface area contributed by atoms with Gasteiger partial charge in [-0.25, -0.2) is 4.39 Å². The van der Waals surface area contributed by atoms with Crippen LogP contribution in [0.1, 0.15) is 67.3 Å². The Hall–Kier alpha value is -1.18. The van der Waals surface area contributed by atoms with Crippen LogP contribution in [0.4, 0.5) is 4.39 Å². The van der Waals surface area contributed by atoms with E-state index in [0.29, 0.717) is 12.3 Å². The second-order valence-electron chi connectivity index (χ2n) is 4.85. The number of rotatable bonds is 3. The van der Waals surface area contributed by atoms with Gasteiger partial charge < -0.3 is 0 Å². The molecule has 0 aliphatic heterocycles. The van der Waals surface area contributed by atoms with E-state index in [-0.39, 0.29) is 17.2 Å². The van der Waals surface area contributed by atoms with Gasteiger partial charge in [0.1, 0.15) is 5.82 Å². The van der Waals surface area contributed by atoms with Gasteiger partial charge in [0.05, 0.1) is 5.56 Å². The van der Waals surface area contributed by atoms with Crippen LogP contribution in [0, 0.1) is 5.82 Å². The van der Waals surface area contributed by atoms with Crippen LogP contribution in [0.2, 0.25) is 0 Å². The summed E-state index contributed by atoms with van der Waals surface area (Å²) < 4.78 is 13.6. The van der Waals surface area contributed by atoms with Gasteiger partial charge in [-0.1, -0.05) is 32.3 Å². The van der Waals surface area contributed by atoms with E-state index in [1.165, 1.54) is 38.2 Å². The summed E-state index contributed by atoms with van der Waals surface area (Å²) in [4.78, 5) is 11.6. The van der Waals surface area contributed by atoms with Gasteiger partial charge >= 0.3 is 0 Å². The Morgan fingerprint density at radius 3 is 2.65 bits per heavy atom. The number of hydrogen-bond donors (Lipinski definition) is 0. The zero-order chi connectivity index (χ0) is 12.3. The third-order valence-electron chi connectivity index (χ3n) is 3.69. The van der Waals surface area contributed by atoms with Gasteiger partial charge in [0, 0.05) is 6.42 Å². The molecular formula is C15H19FO. The topological polar surface area (TPSA) is 17.1 Å². The molecule has 1 fully saturated rings. The van der Waals surface area contributed by atoms with Crippen molar-refractivity contribution < 1.29 is 9.18 Å². The molecule has 1 aromatic carbocycles. The average Bonchev–Trinajstić information content (AvgIpc) is 2.39. The highest BCUT2D eigenvalue weighted by Crippen LogP contribution is 2.33. The summed E-state index contributed by atoms with van der Waals surface area (Å²) >= 11 is 0. The third kappa shape index (κ3) is 2.74. The minimum absolute atomic E-state index is 0.0971. The first-order valence-corrected chi connectivity index (χ1v) is 6.55. The number of carbonyl (C=O) groups is 1. The molecule has 0 radical (unpaired) electrons. The van der Waals surface area contributed by atoms with E-state index >= 15 is 0 Å². The highest BCUT2D eigenvalue weighted by molar-refractivity contribution is 5.96. The molecule has 0 amide bonds. The van der Waals surface area contributed by atoms with Crippen molar-refractivity contribution in [1.29, 1.82) is 0 Å². The highest BCUT2D eigenvalue weighted by atomic mass is 19.1. The van der Waals surface area contributed by atoms with Gasteiger partial charge in [0.15, 0.2) is 5.78 Å². The van der Waals surface area contributed by atoms with Gasteiger partial charge in [0.25, 0.3) is 0 Å². The largest absolute Gasteiger partial charge is 0.294 e. The SMILES string of the molecule is CCC(=O)c1cc(C2CCCCC2)ccc1F. The first kappa shape index (κ1) is 12.3. The van der Waals surface area contributed by atoms with Crippen molar-refractivity contribution in [3.05, 3.63) is 35.1 Å². The molecule has 92 valence electrons. The fraction of sp³-hybridized carbons (Fsp3) is 0.533. The Morgan fingerprint density at radius 1 is 1.29 bits per heavy atom. The van der Waals surface area contributed by atoms with E-state index < -0.39 is 0 Å². The van der Waals surface area contributed by atoms with Crippen molar-refractivity contribution in [3.8, 4) is 0 Å². The van der Waals surface area contributed by atoms with E-state index in [1.807, 2.05) is 6.07 Å². The maximum atomic E-state index is 13.6. The van der Waals surface area contributed by atoms with E-state index in [1.54, 1.807) is 13.0 Å². The molecule has 0 atom stereocenters. The molecular weight excluding hydrogens is 215 g/mol. The Bertz CT molecular complexity index is 405. The first-order valence-electron chi connectivity index (χ1n) is 6.55. The van der Waals surface area contributed by atoms with Crippen molar-refractivity contribution in [2.45, 2.75) is 51.4 Å². The van der Waals surface area contributed by atoms with Crippen molar-refractivity contribution >= 4 is 5.78 Å². The molecule has 2 heteroatoms. The predicted octanol–water partition coefficient (Wildman–Crippen LogP) is 4.47. The summed E-state index contributed by atoms with van der Waals surface area (Å²) in [7, 11) is 0. The maximum absolute atomic E-state index is 13.6. The van der Waals surface area contributed by atoms with Crippen LogP contribution in [0.3, 0.4) is 0 Å². The molecule has 0 aromatic heterocycles. The third-order valence-corrected chi connectivity index (χ3v) is 3.69. The van der Waals surface area contributed by atoms with Crippen LogP contribution >= 0.6 is 0 Å². The average molecular weight is 234 g/mol. The number of ketones is 1. The molecule has 0 bridgehead atoms. The van der Waals surface area contributed by atoms with Gasteiger partial charge in [-0.15, -0.1) is 0 Å². The summed E-state index contributed by atoms with van der Waals surface area (Å²) in [6.07, 6.45) is 6.51. The Balaban J connectivity index is 2.26. The lowest BCUT2D eigenvalue weighted by Gasteiger charge is -2.22. The van der Waals surface area contributed by atoms with E-state index in [4.69, 9.17) is 0 Å². The monoisotopic (exact) mass is 234 g/mol. The lowest BCUT2D eigenvalue weighted by molar-refractivity contribution is 0.0984. The molecule has 1 aromatic rings. The summed E-state index contributed by atoms with van der Waals surface area (Å²) in [5.41, 5.74) is 1.42. The quantitative estimate of drug-likeness (QED) is 0.705. The molecule has 0 spiro atoms. The van der Waals surface area contributed by atoms with Crippen molar-refractivity contribution in [2.75, 3.05) is 0 Å².